The maximum Gasteiger partial charge on any atom is 0.223 e. The van der Waals surface area contributed by atoms with Crippen LogP contribution in [0.25, 0.3) is 0 Å². The number of aliphatic hydroxyl groups excluding tert-OH is 3. The smallest absolute Gasteiger partial charge is 0.223 e. The van der Waals surface area contributed by atoms with Gasteiger partial charge in [-0.1, -0.05) is 0 Å². The number of methoxy groups -OCH3 is 3. The van der Waals surface area contributed by atoms with Crippen LogP contribution in [0, 0.1) is 0 Å². The Hall–Kier alpha value is -0.320. The molecule has 1 heterocycles. The fraction of sp³-hybridized carbons (Fsp3) is 1.00. The van der Waals surface area contributed by atoms with Crippen molar-refractivity contribution in [2.45, 2.75) is 73.9 Å². The molecular weight excluding hydrogens is 308 g/mol. The number of rotatable bonds is 3. The van der Waals surface area contributed by atoms with Crippen molar-refractivity contribution in [3.05, 3.63) is 0 Å². The Morgan fingerprint density at radius 2 is 1.30 bits per heavy atom. The molecule has 3 rings (SSSR count). The second-order valence-corrected chi connectivity index (χ2v) is 6.46. The molecule has 8 heteroatoms. The first-order valence-corrected chi connectivity index (χ1v) is 7.98. The van der Waals surface area contributed by atoms with Crippen LogP contribution in [-0.2, 0) is 23.7 Å². The highest BCUT2D eigenvalue weighted by molar-refractivity contribution is 5.08. The van der Waals surface area contributed by atoms with Gasteiger partial charge in [0, 0.05) is 34.2 Å². The Labute approximate surface area is 135 Å². The SMILES string of the molecule is CO[C@@H]1[C@@H](O)[C@@H](O)[C@H](O)[C@@H]2O[C@]3(OC)CCCC[C@@]3(OC)O[C@@H]12. The third-order valence-electron chi connectivity index (χ3n) is 5.45. The number of hydrogen-bond donors (Lipinski definition) is 3. The molecule has 3 aliphatic rings. The highest BCUT2D eigenvalue weighted by atomic mass is 16.8. The van der Waals surface area contributed by atoms with Gasteiger partial charge in [0.2, 0.25) is 11.6 Å². The predicted octanol–water partition coefficient (Wildman–Crippen LogP) is -0.859. The number of fused-ring (bicyclic) bond motifs is 2. The maximum absolute atomic E-state index is 10.3. The van der Waals surface area contributed by atoms with Crippen LogP contribution in [0.1, 0.15) is 25.7 Å². The lowest BCUT2D eigenvalue weighted by Crippen LogP contribution is -2.76. The molecule has 0 aromatic carbocycles. The zero-order chi connectivity index (χ0) is 16.8. The molecule has 0 bridgehead atoms. The molecule has 23 heavy (non-hydrogen) atoms. The van der Waals surface area contributed by atoms with Crippen LogP contribution in [0.15, 0.2) is 0 Å². The summed E-state index contributed by atoms with van der Waals surface area (Å²) in [6, 6.07) is 0. The van der Waals surface area contributed by atoms with E-state index in [-0.39, 0.29) is 0 Å². The Balaban J connectivity index is 1.99. The van der Waals surface area contributed by atoms with Gasteiger partial charge in [-0.25, -0.2) is 0 Å². The summed E-state index contributed by atoms with van der Waals surface area (Å²) in [5.41, 5.74) is 0. The lowest BCUT2D eigenvalue weighted by Gasteiger charge is -2.60. The number of hydrogen-bond acceptors (Lipinski definition) is 8. The zero-order valence-electron chi connectivity index (χ0n) is 13.7. The van der Waals surface area contributed by atoms with Gasteiger partial charge >= 0.3 is 0 Å². The first kappa shape index (κ1) is 17.5. The summed E-state index contributed by atoms with van der Waals surface area (Å²) in [7, 11) is 4.45. The average Bonchev–Trinajstić information content (AvgIpc) is 2.59. The van der Waals surface area contributed by atoms with Gasteiger partial charge < -0.3 is 39.0 Å². The summed E-state index contributed by atoms with van der Waals surface area (Å²) in [5, 5.41) is 30.6. The van der Waals surface area contributed by atoms with Gasteiger partial charge in [-0.3, -0.25) is 0 Å². The van der Waals surface area contributed by atoms with Crippen LogP contribution in [0.3, 0.4) is 0 Å². The second-order valence-electron chi connectivity index (χ2n) is 6.46. The van der Waals surface area contributed by atoms with Crippen molar-refractivity contribution in [1.82, 2.24) is 0 Å². The van der Waals surface area contributed by atoms with Crippen molar-refractivity contribution in [2.24, 2.45) is 0 Å². The molecule has 134 valence electrons. The Bertz CT molecular complexity index is 434. The van der Waals surface area contributed by atoms with Crippen molar-refractivity contribution in [1.29, 1.82) is 0 Å². The van der Waals surface area contributed by atoms with Gasteiger partial charge in [0.15, 0.2) is 0 Å². The minimum Gasteiger partial charge on any atom is -0.387 e. The highest BCUT2D eigenvalue weighted by Gasteiger charge is 2.67. The van der Waals surface area contributed by atoms with Gasteiger partial charge in [0.25, 0.3) is 0 Å². The van der Waals surface area contributed by atoms with Gasteiger partial charge in [0.1, 0.15) is 36.6 Å². The molecule has 2 saturated carbocycles. The summed E-state index contributed by atoms with van der Waals surface area (Å²) in [6.45, 7) is 0. The van der Waals surface area contributed by atoms with Crippen LogP contribution >= 0.6 is 0 Å². The van der Waals surface area contributed by atoms with E-state index in [1.54, 1.807) is 0 Å². The molecule has 0 aromatic rings. The third kappa shape index (κ3) is 2.36. The molecule has 2 aliphatic carbocycles. The van der Waals surface area contributed by atoms with Crippen molar-refractivity contribution in [2.75, 3.05) is 21.3 Å². The van der Waals surface area contributed by atoms with Crippen LogP contribution in [0.4, 0.5) is 0 Å². The van der Waals surface area contributed by atoms with E-state index in [0.29, 0.717) is 12.8 Å². The molecule has 0 amide bonds. The van der Waals surface area contributed by atoms with E-state index in [2.05, 4.69) is 0 Å². The average molecular weight is 334 g/mol. The standard InChI is InChI=1S/C15H26O8/c1-19-11-9(17)8(16)10(18)12-13(11)23-15(21-3)7-5-4-6-14(15,20-2)22-12/h8-13,16-18H,4-7H2,1-3H3/t8-,9+,10+,11-,12+,13+,14-,15-/m1/s1. The summed E-state index contributed by atoms with van der Waals surface area (Å²) in [5.74, 6) is -2.30. The quantitative estimate of drug-likeness (QED) is 0.612. The highest BCUT2D eigenvalue weighted by Crippen LogP contribution is 2.51. The van der Waals surface area contributed by atoms with E-state index in [4.69, 9.17) is 23.7 Å². The zero-order valence-corrected chi connectivity index (χ0v) is 13.7. The number of aliphatic hydroxyl groups is 3. The monoisotopic (exact) mass is 334 g/mol. The normalized spacial score (nSPS) is 53.5. The van der Waals surface area contributed by atoms with Crippen molar-refractivity contribution in [3.8, 4) is 0 Å². The molecule has 0 radical (unpaired) electrons. The Kier molecular flexibility index (Phi) is 4.72. The summed E-state index contributed by atoms with van der Waals surface area (Å²) in [4.78, 5) is 0. The van der Waals surface area contributed by atoms with Gasteiger partial charge in [-0.2, -0.15) is 0 Å². The van der Waals surface area contributed by atoms with E-state index < -0.39 is 48.2 Å². The molecule has 8 nitrogen and oxygen atoms in total. The molecule has 1 aliphatic heterocycles. The van der Waals surface area contributed by atoms with Crippen molar-refractivity contribution < 1.29 is 39.0 Å². The van der Waals surface area contributed by atoms with E-state index in [1.807, 2.05) is 0 Å². The third-order valence-corrected chi connectivity index (χ3v) is 5.45. The van der Waals surface area contributed by atoms with Gasteiger partial charge in [0.05, 0.1) is 0 Å². The van der Waals surface area contributed by atoms with Crippen LogP contribution in [0.5, 0.6) is 0 Å². The second kappa shape index (κ2) is 6.20. The summed E-state index contributed by atoms with van der Waals surface area (Å²) in [6.07, 6.45) is -3.65. The molecule has 0 unspecified atom stereocenters. The van der Waals surface area contributed by atoms with Crippen molar-refractivity contribution >= 4 is 0 Å². The Morgan fingerprint density at radius 3 is 1.78 bits per heavy atom. The van der Waals surface area contributed by atoms with E-state index in [9.17, 15) is 15.3 Å². The minimum atomic E-state index is -1.39. The molecule has 0 spiro atoms. The molecule has 0 aromatic heterocycles. The molecule has 3 fully saturated rings. The minimum absolute atomic E-state index is 0.545. The molecular formula is C15H26O8. The topological polar surface area (TPSA) is 107 Å². The van der Waals surface area contributed by atoms with Gasteiger partial charge in [-0.15, -0.1) is 0 Å². The van der Waals surface area contributed by atoms with E-state index in [0.717, 1.165) is 12.8 Å². The van der Waals surface area contributed by atoms with Crippen molar-refractivity contribution in [3.63, 3.8) is 0 Å². The Morgan fingerprint density at radius 1 is 0.783 bits per heavy atom. The van der Waals surface area contributed by atoms with Crippen LogP contribution < -0.4 is 0 Å². The van der Waals surface area contributed by atoms with E-state index >= 15 is 0 Å². The first-order chi connectivity index (χ1) is 10.9. The largest absolute Gasteiger partial charge is 0.387 e. The fourth-order valence-corrected chi connectivity index (χ4v) is 4.16. The summed E-state index contributed by atoms with van der Waals surface area (Å²) >= 11 is 0. The first-order valence-electron chi connectivity index (χ1n) is 7.98. The lowest BCUT2D eigenvalue weighted by molar-refractivity contribution is -0.489. The molecule has 3 N–H and O–H groups in total. The summed E-state index contributed by atoms with van der Waals surface area (Å²) < 4.78 is 28.9. The molecule has 8 atom stereocenters. The van der Waals surface area contributed by atoms with E-state index in [1.165, 1.54) is 21.3 Å². The lowest BCUT2D eigenvalue weighted by atomic mass is 9.79. The van der Waals surface area contributed by atoms with Crippen LogP contribution in [-0.4, -0.2) is 84.8 Å². The van der Waals surface area contributed by atoms with Crippen LogP contribution in [0.2, 0.25) is 0 Å². The van der Waals surface area contributed by atoms with Gasteiger partial charge in [-0.05, 0) is 12.8 Å². The number of ether oxygens (including phenoxy) is 5. The maximum atomic E-state index is 10.3. The molecule has 1 saturated heterocycles. The fourth-order valence-electron chi connectivity index (χ4n) is 4.16. The predicted molar refractivity (Wildman–Crippen MR) is 76.5 cm³/mol.